The van der Waals surface area contributed by atoms with Crippen molar-refractivity contribution in [2.24, 2.45) is 5.73 Å². The van der Waals surface area contributed by atoms with E-state index < -0.39 is 23.1 Å². The fourth-order valence-corrected chi connectivity index (χ4v) is 4.19. The van der Waals surface area contributed by atoms with Crippen LogP contribution in [0, 0.1) is 11.6 Å². The van der Waals surface area contributed by atoms with E-state index in [0.717, 1.165) is 11.8 Å². The second-order valence-corrected chi connectivity index (χ2v) is 8.81. The number of rotatable bonds is 7. The summed E-state index contributed by atoms with van der Waals surface area (Å²) in [5.74, 6) is -1.72. The Bertz CT molecular complexity index is 1620. The first-order valence-electron chi connectivity index (χ1n) is 12.4. The Morgan fingerprint density at radius 1 is 1.02 bits per heavy atom. The fraction of sp³-hybridized carbons (Fsp3) is 0.138. The monoisotopic (exact) mass is 545 g/mol. The van der Waals surface area contributed by atoms with Gasteiger partial charge in [-0.3, -0.25) is 19.1 Å². The fourth-order valence-electron chi connectivity index (χ4n) is 4.19. The third kappa shape index (κ3) is 5.84. The number of nitrogens with zero attached hydrogens (tertiary/aromatic N) is 3. The van der Waals surface area contributed by atoms with Gasteiger partial charge in [0.1, 0.15) is 17.1 Å². The number of carbonyl (C=O) groups excluding carboxylic acids is 1. The Hall–Kier alpha value is -5.03. The molecule has 5 rings (SSSR count). The molecule has 9 nitrogen and oxygen atoms in total. The Kier molecular flexibility index (Phi) is 7.83. The average Bonchev–Trinajstić information content (AvgIpc) is 2.96. The average molecular weight is 546 g/mol. The van der Waals surface area contributed by atoms with Crippen LogP contribution >= 0.6 is 0 Å². The summed E-state index contributed by atoms with van der Waals surface area (Å²) in [6.45, 7) is 2.55. The van der Waals surface area contributed by atoms with E-state index in [-0.39, 0.29) is 17.0 Å². The van der Waals surface area contributed by atoms with Crippen LogP contribution in [0.2, 0.25) is 0 Å². The smallest absolute Gasteiger partial charge is 0.267 e. The summed E-state index contributed by atoms with van der Waals surface area (Å²) in [4.78, 5) is 32.3. The molecule has 1 aliphatic rings. The lowest BCUT2D eigenvalue weighted by atomic mass is 10.2. The molecule has 0 spiro atoms. The molecule has 0 aliphatic carbocycles. The molecule has 0 bridgehead atoms. The molecule has 4 aromatic rings. The lowest BCUT2D eigenvalue weighted by molar-refractivity contribution is 0.102. The van der Waals surface area contributed by atoms with Gasteiger partial charge in [-0.1, -0.05) is 0 Å². The third-order valence-electron chi connectivity index (χ3n) is 6.20. The predicted molar refractivity (Wildman–Crippen MR) is 147 cm³/mol. The third-order valence-corrected chi connectivity index (χ3v) is 6.20. The van der Waals surface area contributed by atoms with Gasteiger partial charge in [0.05, 0.1) is 25.1 Å². The maximum absolute atomic E-state index is 15.1. The molecule has 0 unspecified atom stereocenters. The van der Waals surface area contributed by atoms with Gasteiger partial charge in [-0.15, -0.1) is 0 Å². The van der Waals surface area contributed by atoms with Crippen molar-refractivity contribution >= 4 is 23.4 Å². The van der Waals surface area contributed by atoms with E-state index >= 15 is 4.39 Å². The van der Waals surface area contributed by atoms with E-state index in [2.05, 4.69) is 15.2 Å². The summed E-state index contributed by atoms with van der Waals surface area (Å²) in [6.07, 6.45) is 6.01. The number of hydrogen-bond acceptors (Lipinski definition) is 7. The van der Waals surface area contributed by atoms with E-state index in [9.17, 15) is 14.0 Å². The minimum atomic E-state index is -0.742. The van der Waals surface area contributed by atoms with Gasteiger partial charge >= 0.3 is 0 Å². The van der Waals surface area contributed by atoms with Crippen LogP contribution in [-0.2, 0) is 4.74 Å². The van der Waals surface area contributed by atoms with E-state index in [1.54, 1.807) is 18.3 Å². The van der Waals surface area contributed by atoms with Gasteiger partial charge in [-0.05, 0) is 60.8 Å². The molecule has 3 N–H and O–H groups in total. The van der Waals surface area contributed by atoms with Crippen LogP contribution in [0.4, 0.5) is 20.2 Å². The summed E-state index contributed by atoms with van der Waals surface area (Å²) in [5, 5.41) is 2.54. The Balaban J connectivity index is 1.35. The van der Waals surface area contributed by atoms with Crippen molar-refractivity contribution in [1.82, 2.24) is 9.55 Å². The van der Waals surface area contributed by atoms with Crippen LogP contribution in [0.15, 0.2) is 84.1 Å². The van der Waals surface area contributed by atoms with Gasteiger partial charge in [0.2, 0.25) is 0 Å². The molecule has 0 saturated carbocycles. The molecule has 3 heterocycles. The first kappa shape index (κ1) is 26.6. The standard InChI is InChI=1S/C29H25F2N5O4/c30-19-3-6-21(7-4-19)36-11-1-2-23(29(36)38)28(37)34-20-5-8-26(24(31)16-20)40-27-17-22(18-33-25(27)9-10-32)35-12-14-39-15-13-35/h1-11,16-18H,12-15,32H2,(H,34,37). The molecule has 1 saturated heterocycles. The highest BCUT2D eigenvalue weighted by atomic mass is 19.1. The molecule has 11 heteroatoms. The van der Waals surface area contributed by atoms with Crippen molar-refractivity contribution in [3.63, 3.8) is 0 Å². The van der Waals surface area contributed by atoms with Crippen LogP contribution in [0.1, 0.15) is 16.1 Å². The molecule has 0 atom stereocenters. The highest BCUT2D eigenvalue weighted by molar-refractivity contribution is 6.04. The van der Waals surface area contributed by atoms with Gasteiger partial charge in [0.15, 0.2) is 17.3 Å². The normalized spacial score (nSPS) is 13.4. The quantitative estimate of drug-likeness (QED) is 0.356. The number of anilines is 2. The van der Waals surface area contributed by atoms with Gasteiger partial charge in [0, 0.05) is 42.8 Å². The van der Waals surface area contributed by atoms with E-state index in [4.69, 9.17) is 15.2 Å². The lowest BCUT2D eigenvalue weighted by Crippen LogP contribution is -2.36. The number of halogens is 2. The maximum atomic E-state index is 15.1. The van der Waals surface area contributed by atoms with Crippen LogP contribution < -0.4 is 26.2 Å². The molecule has 1 aliphatic heterocycles. The second-order valence-electron chi connectivity index (χ2n) is 8.81. The van der Waals surface area contributed by atoms with Gasteiger partial charge in [0.25, 0.3) is 11.5 Å². The van der Waals surface area contributed by atoms with Crippen LogP contribution in [0.5, 0.6) is 11.5 Å². The van der Waals surface area contributed by atoms with Crippen molar-refractivity contribution in [3.8, 4) is 17.2 Å². The zero-order valence-electron chi connectivity index (χ0n) is 21.2. The number of aromatic nitrogens is 2. The van der Waals surface area contributed by atoms with E-state index in [1.807, 2.05) is 0 Å². The van der Waals surface area contributed by atoms with Gasteiger partial charge < -0.3 is 25.4 Å². The maximum Gasteiger partial charge on any atom is 0.267 e. The number of benzene rings is 2. The van der Waals surface area contributed by atoms with Gasteiger partial charge in [-0.2, -0.15) is 0 Å². The molecular weight excluding hydrogens is 520 g/mol. The molecule has 1 amide bonds. The Morgan fingerprint density at radius 2 is 1.80 bits per heavy atom. The number of nitrogens with two attached hydrogens (primary N) is 1. The predicted octanol–water partition coefficient (Wildman–Crippen LogP) is 4.32. The van der Waals surface area contributed by atoms with E-state index in [0.29, 0.717) is 43.4 Å². The number of morpholine rings is 1. The largest absolute Gasteiger partial charge is 0.452 e. The zero-order valence-corrected chi connectivity index (χ0v) is 21.2. The number of hydrogen-bond donors (Lipinski definition) is 2. The summed E-state index contributed by atoms with van der Waals surface area (Å²) in [5.41, 5.74) is 6.49. The summed E-state index contributed by atoms with van der Waals surface area (Å²) in [7, 11) is 0. The number of amides is 1. The van der Waals surface area contributed by atoms with Gasteiger partial charge in [-0.25, -0.2) is 8.78 Å². The molecule has 204 valence electrons. The molecule has 2 aromatic carbocycles. The SMILES string of the molecule is NC=Cc1ncc(N2CCOCC2)cc1Oc1ccc(NC(=O)c2cccn(-c3ccc(F)cc3)c2=O)cc1F. The zero-order chi connectivity index (χ0) is 28.1. The molecule has 40 heavy (non-hydrogen) atoms. The Morgan fingerprint density at radius 3 is 2.52 bits per heavy atom. The minimum Gasteiger partial charge on any atom is -0.452 e. The molecule has 2 aromatic heterocycles. The van der Waals surface area contributed by atoms with Crippen molar-refractivity contribution < 1.29 is 23.0 Å². The Labute approximate surface area is 228 Å². The number of carbonyl (C=O) groups is 1. The van der Waals surface area contributed by atoms with Crippen LogP contribution in [0.25, 0.3) is 11.8 Å². The first-order valence-corrected chi connectivity index (χ1v) is 12.4. The van der Waals surface area contributed by atoms with Crippen molar-refractivity contribution in [1.29, 1.82) is 0 Å². The summed E-state index contributed by atoms with van der Waals surface area (Å²) >= 11 is 0. The minimum absolute atomic E-state index is 0.0935. The van der Waals surface area contributed by atoms with Crippen molar-refractivity contribution in [2.75, 3.05) is 36.5 Å². The highest BCUT2D eigenvalue weighted by Crippen LogP contribution is 2.32. The number of pyridine rings is 2. The van der Waals surface area contributed by atoms with Crippen molar-refractivity contribution in [3.05, 3.63) is 113 Å². The van der Waals surface area contributed by atoms with Crippen molar-refractivity contribution in [2.45, 2.75) is 0 Å². The summed E-state index contributed by atoms with van der Waals surface area (Å²) in [6, 6.07) is 13.8. The lowest BCUT2D eigenvalue weighted by Gasteiger charge is -2.29. The van der Waals surface area contributed by atoms with Crippen LogP contribution in [-0.4, -0.2) is 41.8 Å². The number of ether oxygens (including phenoxy) is 2. The molecular formula is C29H25F2N5O4. The highest BCUT2D eigenvalue weighted by Gasteiger charge is 2.17. The molecule has 0 radical (unpaired) electrons. The molecule has 1 fully saturated rings. The summed E-state index contributed by atoms with van der Waals surface area (Å²) < 4.78 is 40.9. The van der Waals surface area contributed by atoms with E-state index in [1.165, 1.54) is 65.5 Å². The second kappa shape index (κ2) is 11.8. The number of nitrogens with one attached hydrogen (secondary N) is 1. The van der Waals surface area contributed by atoms with Crippen LogP contribution in [0.3, 0.4) is 0 Å². The topological polar surface area (TPSA) is 112 Å². The first-order chi connectivity index (χ1) is 19.4.